The summed E-state index contributed by atoms with van der Waals surface area (Å²) in [5.74, 6) is -2.92. The Morgan fingerprint density at radius 2 is 1.94 bits per heavy atom. The topological polar surface area (TPSA) is 194 Å². The number of nitrogens with zero attached hydrogens (tertiary/aromatic N) is 5. The molecule has 0 radical (unpaired) electrons. The van der Waals surface area contributed by atoms with Crippen LogP contribution >= 0.6 is 11.8 Å². The Morgan fingerprint density at radius 3 is 2.62 bits per heavy atom. The van der Waals surface area contributed by atoms with Crippen LogP contribution in [0.3, 0.4) is 0 Å². The van der Waals surface area contributed by atoms with Crippen LogP contribution in [0.5, 0.6) is 0 Å². The molecule has 5 N–H and O–H groups in total. The molecule has 2 atom stereocenters. The van der Waals surface area contributed by atoms with E-state index in [-0.39, 0.29) is 42.6 Å². The summed E-state index contributed by atoms with van der Waals surface area (Å²) in [7, 11) is 0. The molecule has 1 unspecified atom stereocenters. The van der Waals surface area contributed by atoms with Gasteiger partial charge in [0.25, 0.3) is 5.91 Å². The first-order chi connectivity index (χ1) is 16.3. The second-order valence-corrected chi connectivity index (χ2v) is 8.79. The number of nitrogens with two attached hydrogens (primary N) is 1. The molecule has 0 spiro atoms. The number of rotatable bonds is 9. The Morgan fingerprint density at radius 1 is 1.21 bits per heavy atom. The number of carbonyl (C=O) groups is 4. The molecule has 0 saturated carbocycles. The maximum absolute atomic E-state index is 12.8. The molecule has 14 heteroatoms. The molecule has 34 heavy (non-hydrogen) atoms. The SMILES string of the molecule is NCc1ccccc1CC(=O)NC1C(=O)N2C(C(=O)O)=C(Cc3nnnn3CC(=O)O)CS[C@H]12. The van der Waals surface area contributed by atoms with Crippen molar-refractivity contribution in [3.05, 3.63) is 52.5 Å². The lowest BCUT2D eigenvalue weighted by atomic mass is 10.00. The van der Waals surface area contributed by atoms with Crippen molar-refractivity contribution in [2.24, 2.45) is 5.73 Å². The summed E-state index contributed by atoms with van der Waals surface area (Å²) in [4.78, 5) is 49.6. The van der Waals surface area contributed by atoms with Gasteiger partial charge in [0.15, 0.2) is 5.82 Å². The van der Waals surface area contributed by atoms with Gasteiger partial charge in [-0.1, -0.05) is 24.3 Å². The molecule has 2 aliphatic rings. The predicted octanol–water partition coefficient (Wildman–Crippen LogP) is -1.26. The van der Waals surface area contributed by atoms with Crippen molar-refractivity contribution in [2.75, 3.05) is 5.75 Å². The second-order valence-electron chi connectivity index (χ2n) is 7.69. The number of carboxylic acids is 2. The van der Waals surface area contributed by atoms with Crippen molar-refractivity contribution in [3.63, 3.8) is 0 Å². The molecule has 2 amide bonds. The minimum Gasteiger partial charge on any atom is -0.480 e. The minimum absolute atomic E-state index is 0.0295. The molecular formula is C20H21N7O6S. The standard InChI is InChI=1S/C20H21N7O6S/c21-7-11-4-2-1-3-10(11)6-14(28)22-16-18(31)27-17(20(32)33)12(9-34-19(16)27)5-13-23-24-25-26(13)8-15(29)30/h1-4,16,19H,5-9,21H2,(H,22,28)(H,29,30)(H,32,33)/t16?,19-/m1/s1. The van der Waals surface area contributed by atoms with Crippen LogP contribution in [0.25, 0.3) is 0 Å². The zero-order valence-electron chi connectivity index (χ0n) is 17.7. The first kappa shape index (κ1) is 23.4. The summed E-state index contributed by atoms with van der Waals surface area (Å²) >= 11 is 1.31. The van der Waals surface area contributed by atoms with Gasteiger partial charge in [-0.05, 0) is 27.1 Å². The van der Waals surface area contributed by atoms with Crippen molar-refractivity contribution in [3.8, 4) is 0 Å². The van der Waals surface area contributed by atoms with E-state index in [0.717, 1.165) is 20.7 Å². The molecule has 4 rings (SSSR count). The number of aromatic nitrogens is 4. The largest absolute Gasteiger partial charge is 0.480 e. The molecule has 1 aromatic heterocycles. The number of nitrogens with one attached hydrogen (secondary N) is 1. The summed E-state index contributed by atoms with van der Waals surface area (Å²) in [6.07, 6.45) is 0.0198. The van der Waals surface area contributed by atoms with Gasteiger partial charge >= 0.3 is 11.9 Å². The molecule has 0 bridgehead atoms. The molecule has 0 aliphatic carbocycles. The highest BCUT2D eigenvalue weighted by atomic mass is 32.2. The fourth-order valence-corrected chi connectivity index (χ4v) is 5.28. The van der Waals surface area contributed by atoms with E-state index in [1.165, 1.54) is 11.8 Å². The van der Waals surface area contributed by atoms with Crippen LogP contribution < -0.4 is 11.1 Å². The van der Waals surface area contributed by atoms with Crippen molar-refractivity contribution >= 4 is 35.5 Å². The number of hydrogen-bond acceptors (Lipinski definition) is 9. The number of fused-ring (bicyclic) bond motifs is 1. The van der Waals surface area contributed by atoms with Crippen LogP contribution in [-0.4, -0.2) is 76.2 Å². The van der Waals surface area contributed by atoms with Crippen molar-refractivity contribution in [2.45, 2.75) is 37.3 Å². The molecule has 3 heterocycles. The number of aliphatic carboxylic acids is 2. The van der Waals surface area contributed by atoms with Gasteiger partial charge in [-0.25, -0.2) is 9.48 Å². The molecule has 178 valence electrons. The van der Waals surface area contributed by atoms with E-state index in [4.69, 9.17) is 10.8 Å². The number of amides is 2. The fourth-order valence-electron chi connectivity index (χ4n) is 3.94. The summed E-state index contributed by atoms with van der Waals surface area (Å²) < 4.78 is 1.06. The third-order valence-electron chi connectivity index (χ3n) is 5.52. The molecule has 1 fully saturated rings. The normalized spacial score (nSPS) is 19.4. The van der Waals surface area contributed by atoms with Crippen LogP contribution in [0, 0.1) is 0 Å². The lowest BCUT2D eigenvalue weighted by Crippen LogP contribution is -2.70. The maximum Gasteiger partial charge on any atom is 0.352 e. The highest BCUT2D eigenvalue weighted by Crippen LogP contribution is 2.41. The van der Waals surface area contributed by atoms with Gasteiger partial charge in [-0.3, -0.25) is 19.3 Å². The van der Waals surface area contributed by atoms with E-state index >= 15 is 0 Å². The van der Waals surface area contributed by atoms with Gasteiger partial charge in [0.05, 0.1) is 6.42 Å². The van der Waals surface area contributed by atoms with Crippen LogP contribution in [0.4, 0.5) is 0 Å². The van der Waals surface area contributed by atoms with Crippen LogP contribution in [-0.2, 0) is 45.1 Å². The zero-order chi connectivity index (χ0) is 24.4. The van der Waals surface area contributed by atoms with Gasteiger partial charge in [0, 0.05) is 18.7 Å². The number of carboxylic acid groups (broad SMARTS) is 2. The fraction of sp³-hybridized carbons (Fsp3) is 0.350. The molecule has 13 nitrogen and oxygen atoms in total. The Balaban J connectivity index is 1.48. The molecule has 1 saturated heterocycles. The second kappa shape index (κ2) is 9.61. The predicted molar refractivity (Wildman–Crippen MR) is 117 cm³/mol. The lowest BCUT2D eigenvalue weighted by Gasteiger charge is -2.49. The van der Waals surface area contributed by atoms with Gasteiger partial charge < -0.3 is 21.3 Å². The van der Waals surface area contributed by atoms with Crippen LogP contribution in [0.1, 0.15) is 17.0 Å². The monoisotopic (exact) mass is 487 g/mol. The average Bonchev–Trinajstić information content (AvgIpc) is 3.23. The van der Waals surface area contributed by atoms with Crippen LogP contribution in [0.15, 0.2) is 35.5 Å². The Kier molecular flexibility index (Phi) is 6.61. The first-order valence-corrected chi connectivity index (χ1v) is 11.3. The van der Waals surface area contributed by atoms with E-state index in [1.807, 2.05) is 12.1 Å². The molecule has 2 aliphatic heterocycles. The van der Waals surface area contributed by atoms with Crippen molar-refractivity contribution in [1.82, 2.24) is 30.4 Å². The number of tetrazole rings is 1. The highest BCUT2D eigenvalue weighted by molar-refractivity contribution is 8.00. The van der Waals surface area contributed by atoms with Crippen molar-refractivity contribution < 1.29 is 29.4 Å². The minimum atomic E-state index is -1.30. The van der Waals surface area contributed by atoms with E-state index in [2.05, 4.69) is 20.8 Å². The Hall–Kier alpha value is -3.78. The number of carbonyl (C=O) groups excluding carboxylic acids is 2. The van der Waals surface area contributed by atoms with Gasteiger partial charge in [0.2, 0.25) is 5.91 Å². The number of hydrogen-bond donors (Lipinski definition) is 4. The average molecular weight is 487 g/mol. The molecule has 1 aromatic carbocycles. The van der Waals surface area contributed by atoms with E-state index in [0.29, 0.717) is 5.57 Å². The third-order valence-corrected chi connectivity index (χ3v) is 6.86. The number of benzene rings is 1. The summed E-state index contributed by atoms with van der Waals surface area (Å²) in [5.41, 5.74) is 7.49. The molecular weight excluding hydrogens is 466 g/mol. The maximum atomic E-state index is 12.8. The quantitative estimate of drug-likeness (QED) is 0.308. The van der Waals surface area contributed by atoms with E-state index < -0.39 is 35.8 Å². The zero-order valence-corrected chi connectivity index (χ0v) is 18.6. The summed E-state index contributed by atoms with van der Waals surface area (Å²) in [5, 5.41) is 31.8. The van der Waals surface area contributed by atoms with E-state index in [9.17, 15) is 24.3 Å². The third kappa shape index (κ3) is 4.49. The Bertz CT molecular complexity index is 1200. The number of thioether (sulfide) groups is 1. The number of β-lactam (4-membered cyclic amide) rings is 1. The lowest BCUT2D eigenvalue weighted by molar-refractivity contribution is -0.150. The van der Waals surface area contributed by atoms with Gasteiger partial charge in [-0.2, -0.15) is 0 Å². The molecule has 2 aromatic rings. The van der Waals surface area contributed by atoms with Crippen molar-refractivity contribution in [1.29, 1.82) is 0 Å². The first-order valence-electron chi connectivity index (χ1n) is 10.2. The highest BCUT2D eigenvalue weighted by Gasteiger charge is 2.54. The van der Waals surface area contributed by atoms with Crippen LogP contribution in [0.2, 0.25) is 0 Å². The van der Waals surface area contributed by atoms with Gasteiger partial charge in [-0.15, -0.1) is 16.9 Å². The van der Waals surface area contributed by atoms with E-state index in [1.54, 1.807) is 12.1 Å². The Labute approximate surface area is 197 Å². The summed E-state index contributed by atoms with van der Waals surface area (Å²) in [6.45, 7) is -0.193. The smallest absolute Gasteiger partial charge is 0.352 e. The van der Waals surface area contributed by atoms with Gasteiger partial charge in [0.1, 0.15) is 23.7 Å². The summed E-state index contributed by atoms with van der Waals surface area (Å²) in [6, 6.07) is 6.39.